The number of aliphatic carboxylic acids is 1. The number of carbonyl (C=O) groups excluding carboxylic acids is 5. The maximum atomic E-state index is 14.0. The average molecular weight is 758 g/mol. The number of nitrogens with two attached hydrogens (primary N) is 1. The SMILES string of the molecule is CC[C@H](C)[C@H](NC(=O)[C@H](CC(C)C)NC(=O)[C@@H](NC(=O)[C@@H]1CCCN1)[C@@H](C)CC)C(=O)N[C@@H](Cc1ccccc1)C(=O)N[C@@H](CCCNC(=N)N)C(=O)O. The van der Waals surface area contributed by atoms with Crippen LogP contribution in [-0.2, 0) is 35.2 Å². The van der Waals surface area contributed by atoms with Crippen LogP contribution in [0.4, 0.5) is 0 Å². The molecule has 1 saturated heterocycles. The van der Waals surface area contributed by atoms with Gasteiger partial charge in [0.05, 0.1) is 6.04 Å². The zero-order valence-electron chi connectivity index (χ0n) is 32.6. The molecule has 0 spiro atoms. The number of guanidine groups is 1. The van der Waals surface area contributed by atoms with Crippen molar-refractivity contribution in [3.05, 3.63) is 35.9 Å². The molecule has 1 aliphatic heterocycles. The third-order valence-electron chi connectivity index (χ3n) is 9.82. The van der Waals surface area contributed by atoms with Crippen molar-refractivity contribution in [2.45, 2.75) is 129 Å². The number of carboxylic acids is 1. The van der Waals surface area contributed by atoms with Gasteiger partial charge in [0.15, 0.2) is 5.96 Å². The van der Waals surface area contributed by atoms with Gasteiger partial charge >= 0.3 is 5.97 Å². The number of hydrogen-bond donors (Lipinski definition) is 10. The lowest BCUT2D eigenvalue weighted by molar-refractivity contribution is -0.142. The summed E-state index contributed by atoms with van der Waals surface area (Å²) in [7, 11) is 0. The van der Waals surface area contributed by atoms with Gasteiger partial charge in [0, 0.05) is 13.0 Å². The van der Waals surface area contributed by atoms with E-state index in [-0.39, 0.29) is 55.6 Å². The molecule has 0 aromatic heterocycles. The highest BCUT2D eigenvalue weighted by molar-refractivity contribution is 5.96. The summed E-state index contributed by atoms with van der Waals surface area (Å²) in [6.07, 6.45) is 3.27. The van der Waals surface area contributed by atoms with Gasteiger partial charge in [-0.2, -0.15) is 0 Å². The molecular weight excluding hydrogens is 694 g/mol. The van der Waals surface area contributed by atoms with Gasteiger partial charge in [-0.1, -0.05) is 84.7 Å². The Hall–Kier alpha value is -4.73. The molecule has 54 heavy (non-hydrogen) atoms. The van der Waals surface area contributed by atoms with Crippen molar-refractivity contribution in [2.75, 3.05) is 13.1 Å². The van der Waals surface area contributed by atoms with Crippen molar-refractivity contribution in [3.8, 4) is 0 Å². The average Bonchev–Trinajstić information content (AvgIpc) is 3.68. The number of hydrogen-bond acceptors (Lipinski definition) is 8. The first-order valence-corrected chi connectivity index (χ1v) is 19.2. The Morgan fingerprint density at radius 2 is 1.37 bits per heavy atom. The summed E-state index contributed by atoms with van der Waals surface area (Å²) in [5.41, 5.74) is 6.02. The van der Waals surface area contributed by atoms with Gasteiger partial charge in [0.2, 0.25) is 29.5 Å². The zero-order valence-corrected chi connectivity index (χ0v) is 32.6. The molecule has 2 rings (SSSR count). The molecule has 0 saturated carbocycles. The summed E-state index contributed by atoms with van der Waals surface area (Å²) in [5, 5.41) is 36.7. The highest BCUT2D eigenvalue weighted by Gasteiger charge is 2.36. The second kappa shape index (κ2) is 23.1. The van der Waals surface area contributed by atoms with Crippen LogP contribution in [0.1, 0.15) is 92.1 Å². The van der Waals surface area contributed by atoms with Crippen LogP contribution in [-0.4, -0.2) is 95.9 Å². The predicted octanol–water partition coefficient (Wildman–Crippen LogP) is 0.891. The maximum absolute atomic E-state index is 14.0. The molecule has 0 radical (unpaired) electrons. The van der Waals surface area contributed by atoms with Crippen LogP contribution in [0.2, 0.25) is 0 Å². The standard InChI is InChI=1S/C38H63N9O7/c1-7-23(5)30(46-32(48)26-16-12-18-41-26)35(51)44-28(20-22(3)4)34(50)47-31(24(6)8-2)36(52)45-29(21-25-14-10-9-11-15-25)33(49)43-27(37(53)54)17-13-19-42-38(39)40/h9-11,14-15,22-24,26-31,41H,7-8,12-13,16-21H2,1-6H3,(H,43,49)(H,44,51)(H,45,52)(H,46,48)(H,47,50)(H,53,54)(H4,39,40,42)/t23-,24-,26-,27-,28-,29-,30-,31-/m0/s1. The molecule has 0 unspecified atom stereocenters. The highest BCUT2D eigenvalue weighted by Crippen LogP contribution is 2.15. The molecule has 16 heteroatoms. The van der Waals surface area contributed by atoms with Gasteiger partial charge in [-0.15, -0.1) is 0 Å². The lowest BCUT2D eigenvalue weighted by Crippen LogP contribution is -2.61. The Morgan fingerprint density at radius 3 is 1.89 bits per heavy atom. The maximum Gasteiger partial charge on any atom is 0.326 e. The van der Waals surface area contributed by atoms with Crippen molar-refractivity contribution in [2.24, 2.45) is 23.5 Å². The Morgan fingerprint density at radius 1 is 0.815 bits per heavy atom. The summed E-state index contributed by atoms with van der Waals surface area (Å²) in [6, 6.07) is 3.07. The second-order valence-corrected chi connectivity index (χ2v) is 14.7. The molecule has 1 aromatic rings. The van der Waals surface area contributed by atoms with Crippen LogP contribution in [0, 0.1) is 23.2 Å². The van der Waals surface area contributed by atoms with Gasteiger partial charge in [0.25, 0.3) is 0 Å². The topological polar surface area (TPSA) is 257 Å². The summed E-state index contributed by atoms with van der Waals surface area (Å²) in [6.45, 7) is 12.2. The molecule has 11 N–H and O–H groups in total. The van der Waals surface area contributed by atoms with E-state index in [2.05, 4.69) is 37.2 Å². The van der Waals surface area contributed by atoms with Crippen LogP contribution >= 0.6 is 0 Å². The molecule has 302 valence electrons. The molecule has 0 bridgehead atoms. The van der Waals surface area contributed by atoms with E-state index in [1.165, 1.54) is 0 Å². The van der Waals surface area contributed by atoms with Crippen LogP contribution < -0.4 is 43.0 Å². The number of carbonyl (C=O) groups is 6. The van der Waals surface area contributed by atoms with E-state index in [0.717, 1.165) is 13.0 Å². The molecule has 0 aliphatic carbocycles. The van der Waals surface area contributed by atoms with Gasteiger partial charge in [-0.3, -0.25) is 29.4 Å². The molecule has 1 aliphatic rings. The first-order chi connectivity index (χ1) is 25.6. The predicted molar refractivity (Wildman–Crippen MR) is 206 cm³/mol. The van der Waals surface area contributed by atoms with Gasteiger partial charge < -0.3 is 48.1 Å². The molecule has 1 fully saturated rings. The number of nitrogens with one attached hydrogen (secondary N) is 8. The Kier molecular flexibility index (Phi) is 19.5. The molecule has 16 nitrogen and oxygen atoms in total. The van der Waals surface area contributed by atoms with E-state index >= 15 is 0 Å². The summed E-state index contributed by atoms with van der Waals surface area (Å²) in [5.74, 6) is -4.85. The van der Waals surface area contributed by atoms with Crippen molar-refractivity contribution in [1.29, 1.82) is 5.41 Å². The van der Waals surface area contributed by atoms with Crippen LogP contribution in [0.3, 0.4) is 0 Å². The molecule has 1 heterocycles. The summed E-state index contributed by atoms with van der Waals surface area (Å²) < 4.78 is 0. The Balaban J connectivity index is 2.30. The van der Waals surface area contributed by atoms with Gasteiger partial charge in [0.1, 0.15) is 30.2 Å². The van der Waals surface area contributed by atoms with Gasteiger partial charge in [-0.05, 0) is 62.0 Å². The molecule has 8 atom stereocenters. The van der Waals surface area contributed by atoms with E-state index in [4.69, 9.17) is 11.1 Å². The largest absolute Gasteiger partial charge is 0.480 e. The van der Waals surface area contributed by atoms with E-state index in [1.807, 2.05) is 34.6 Å². The summed E-state index contributed by atoms with van der Waals surface area (Å²) >= 11 is 0. The second-order valence-electron chi connectivity index (χ2n) is 14.7. The van der Waals surface area contributed by atoms with E-state index in [0.29, 0.717) is 31.2 Å². The van der Waals surface area contributed by atoms with E-state index < -0.39 is 65.7 Å². The fourth-order valence-corrected chi connectivity index (χ4v) is 6.16. The zero-order chi connectivity index (χ0) is 40.4. The molecule has 1 aromatic carbocycles. The summed E-state index contributed by atoms with van der Waals surface area (Å²) in [4.78, 5) is 80.4. The number of rotatable bonds is 23. The number of benzene rings is 1. The third kappa shape index (κ3) is 15.3. The van der Waals surface area contributed by atoms with E-state index in [1.54, 1.807) is 37.3 Å². The minimum atomic E-state index is -1.27. The minimum Gasteiger partial charge on any atom is -0.480 e. The highest BCUT2D eigenvalue weighted by atomic mass is 16.4. The van der Waals surface area contributed by atoms with Crippen molar-refractivity contribution in [1.82, 2.24) is 37.2 Å². The van der Waals surface area contributed by atoms with Gasteiger partial charge in [-0.25, -0.2) is 4.79 Å². The van der Waals surface area contributed by atoms with Crippen molar-refractivity contribution < 1.29 is 33.9 Å². The normalized spacial score (nSPS) is 17.8. The quantitative estimate of drug-likeness (QED) is 0.0429. The van der Waals surface area contributed by atoms with Crippen molar-refractivity contribution in [3.63, 3.8) is 0 Å². The Bertz CT molecular complexity index is 1400. The van der Waals surface area contributed by atoms with Crippen LogP contribution in [0.15, 0.2) is 30.3 Å². The third-order valence-corrected chi connectivity index (χ3v) is 9.82. The van der Waals surface area contributed by atoms with Crippen LogP contribution in [0.25, 0.3) is 0 Å². The number of carboxylic acid groups (broad SMARTS) is 1. The molecular formula is C38H63N9O7. The molecule has 5 amide bonds. The number of amides is 5. The van der Waals surface area contributed by atoms with E-state index in [9.17, 15) is 33.9 Å². The Labute approximate surface area is 319 Å². The minimum absolute atomic E-state index is 0.0179. The monoisotopic (exact) mass is 757 g/mol. The first-order valence-electron chi connectivity index (χ1n) is 19.2. The smallest absolute Gasteiger partial charge is 0.326 e. The van der Waals surface area contributed by atoms with Crippen LogP contribution in [0.5, 0.6) is 0 Å². The lowest BCUT2D eigenvalue weighted by atomic mass is 9.95. The van der Waals surface area contributed by atoms with Crippen molar-refractivity contribution >= 4 is 41.5 Å². The lowest BCUT2D eigenvalue weighted by Gasteiger charge is -2.30. The fourth-order valence-electron chi connectivity index (χ4n) is 6.16. The fraction of sp³-hybridized carbons (Fsp3) is 0.658. The first kappa shape index (κ1) is 45.4.